The number of rotatable bonds is 7. The Morgan fingerprint density at radius 2 is 1.83 bits per heavy atom. The van der Waals surface area contributed by atoms with Crippen LogP contribution in [0.2, 0.25) is 0 Å². The lowest BCUT2D eigenvalue weighted by molar-refractivity contribution is -0.134. The van der Waals surface area contributed by atoms with Crippen LogP contribution in [0, 0.1) is 0 Å². The fraction of sp³-hybridized carbons (Fsp3) is 0.632. The van der Waals surface area contributed by atoms with E-state index in [0.717, 1.165) is 24.8 Å². The predicted molar refractivity (Wildman–Crippen MR) is 89.8 cm³/mol. The summed E-state index contributed by atoms with van der Waals surface area (Å²) in [6, 6.07) is 5.62. The number of hydrogen-bond acceptors (Lipinski definition) is 4. The number of benzene rings is 1. The third kappa shape index (κ3) is 5.87. The lowest BCUT2D eigenvalue weighted by Gasteiger charge is -2.26. The average Bonchev–Trinajstić information content (AvgIpc) is 2.55. The second-order valence-electron chi connectivity index (χ2n) is 6.08. The van der Waals surface area contributed by atoms with Crippen molar-refractivity contribution in [3.8, 4) is 11.5 Å². The van der Waals surface area contributed by atoms with E-state index in [-0.39, 0.29) is 12.3 Å². The van der Waals surface area contributed by atoms with Gasteiger partial charge in [-0.05, 0) is 43.9 Å². The molecule has 0 saturated heterocycles. The van der Waals surface area contributed by atoms with E-state index in [1.807, 2.05) is 19.1 Å². The molecule has 0 amide bonds. The molecule has 0 aliphatic heterocycles. The third-order valence-electron chi connectivity index (χ3n) is 4.11. The summed E-state index contributed by atoms with van der Waals surface area (Å²) in [6.07, 6.45) is 7.20. The molecule has 128 valence electrons. The highest BCUT2D eigenvalue weighted by molar-refractivity contribution is 5.72. The lowest BCUT2D eigenvalue weighted by Crippen LogP contribution is -2.26. The van der Waals surface area contributed by atoms with Crippen LogP contribution in [0.1, 0.15) is 64.9 Å². The van der Waals surface area contributed by atoms with Crippen LogP contribution in [-0.4, -0.2) is 18.4 Å². The summed E-state index contributed by atoms with van der Waals surface area (Å²) in [5, 5.41) is 0. The van der Waals surface area contributed by atoms with Gasteiger partial charge in [0.05, 0.1) is 6.10 Å². The molecular weight excluding hydrogens is 292 g/mol. The smallest absolute Gasteiger partial charge is 0.310 e. The molecule has 1 aromatic carbocycles. The summed E-state index contributed by atoms with van der Waals surface area (Å²) in [6.45, 7) is 5.76. The molecule has 1 fully saturated rings. The van der Waals surface area contributed by atoms with Crippen molar-refractivity contribution in [1.29, 1.82) is 0 Å². The minimum absolute atomic E-state index is 0.240. The topological polar surface area (TPSA) is 44.8 Å². The molecule has 0 heterocycles. The van der Waals surface area contributed by atoms with Gasteiger partial charge in [0.15, 0.2) is 6.29 Å². The average molecular weight is 320 g/mol. The Hall–Kier alpha value is -1.55. The minimum Gasteiger partial charge on any atom is -0.465 e. The summed E-state index contributed by atoms with van der Waals surface area (Å²) < 4.78 is 17.2. The van der Waals surface area contributed by atoms with E-state index in [4.69, 9.17) is 14.2 Å². The van der Waals surface area contributed by atoms with Crippen molar-refractivity contribution < 1.29 is 19.0 Å². The fourth-order valence-corrected chi connectivity index (χ4v) is 2.86. The molecule has 0 bridgehead atoms. The van der Waals surface area contributed by atoms with Crippen LogP contribution in [-0.2, 0) is 16.0 Å². The van der Waals surface area contributed by atoms with Gasteiger partial charge in [-0.25, -0.2) is 0 Å². The van der Waals surface area contributed by atoms with E-state index < -0.39 is 0 Å². The molecule has 0 radical (unpaired) electrons. The maximum atomic E-state index is 11.5. The van der Waals surface area contributed by atoms with Gasteiger partial charge >= 0.3 is 5.97 Å². The van der Waals surface area contributed by atoms with Crippen molar-refractivity contribution >= 4 is 5.97 Å². The Bertz CT molecular complexity index is 506. The summed E-state index contributed by atoms with van der Waals surface area (Å²) in [4.78, 5) is 11.5. The Kier molecular flexibility index (Phi) is 6.90. The molecule has 1 saturated carbocycles. The number of carbonyl (C=O) groups is 1. The molecule has 0 aromatic heterocycles. The van der Waals surface area contributed by atoms with Gasteiger partial charge in [-0.15, -0.1) is 0 Å². The zero-order valence-electron chi connectivity index (χ0n) is 14.5. The first-order valence-corrected chi connectivity index (χ1v) is 8.77. The second kappa shape index (κ2) is 8.92. The van der Waals surface area contributed by atoms with Crippen molar-refractivity contribution in [1.82, 2.24) is 0 Å². The zero-order chi connectivity index (χ0) is 16.7. The normalized spacial score (nSPS) is 16.8. The molecule has 0 spiro atoms. The van der Waals surface area contributed by atoms with Crippen LogP contribution in [0.15, 0.2) is 18.2 Å². The van der Waals surface area contributed by atoms with Gasteiger partial charge in [0.2, 0.25) is 0 Å². The van der Waals surface area contributed by atoms with Crippen molar-refractivity contribution in [2.24, 2.45) is 0 Å². The summed E-state index contributed by atoms with van der Waals surface area (Å²) in [5.41, 5.74) is 1.08. The Balaban J connectivity index is 1.99. The number of carbonyl (C=O) groups excluding carboxylic acids is 1. The molecule has 4 nitrogen and oxygen atoms in total. The van der Waals surface area contributed by atoms with E-state index >= 15 is 0 Å². The standard InChI is InChI=1S/C19H28O4/c1-4-15-11-17(13-18(12-15)23-19(20)5-2)22-14(3)21-16-9-7-6-8-10-16/h11-14,16H,4-10H2,1-3H3. The molecule has 4 heteroatoms. The SMILES string of the molecule is CCC(=O)Oc1cc(CC)cc(OC(C)OC2CCCCC2)c1. The molecule has 0 N–H and O–H groups in total. The molecule has 1 aliphatic rings. The number of esters is 1. The van der Waals surface area contributed by atoms with E-state index in [0.29, 0.717) is 24.0 Å². The summed E-state index contributed by atoms with van der Waals surface area (Å²) in [5.74, 6) is 0.985. The van der Waals surface area contributed by atoms with Crippen LogP contribution in [0.5, 0.6) is 11.5 Å². The third-order valence-corrected chi connectivity index (χ3v) is 4.11. The Morgan fingerprint density at radius 1 is 1.13 bits per heavy atom. The second-order valence-corrected chi connectivity index (χ2v) is 6.08. The quantitative estimate of drug-likeness (QED) is 0.417. The first-order valence-electron chi connectivity index (χ1n) is 8.77. The highest BCUT2D eigenvalue weighted by Crippen LogP contribution is 2.26. The molecule has 2 rings (SSSR count). The molecule has 1 aromatic rings. The van der Waals surface area contributed by atoms with Gasteiger partial charge in [0.1, 0.15) is 11.5 Å². The first kappa shape index (κ1) is 17.8. The van der Waals surface area contributed by atoms with Crippen molar-refractivity contribution in [3.63, 3.8) is 0 Å². The monoisotopic (exact) mass is 320 g/mol. The van der Waals surface area contributed by atoms with Crippen molar-refractivity contribution in [2.45, 2.75) is 78.1 Å². The molecular formula is C19H28O4. The minimum atomic E-state index is -0.306. The van der Waals surface area contributed by atoms with Crippen LogP contribution in [0.3, 0.4) is 0 Å². The van der Waals surface area contributed by atoms with Gasteiger partial charge < -0.3 is 14.2 Å². The zero-order valence-corrected chi connectivity index (χ0v) is 14.5. The van der Waals surface area contributed by atoms with Gasteiger partial charge in [0, 0.05) is 12.5 Å². The maximum Gasteiger partial charge on any atom is 0.310 e. The van der Waals surface area contributed by atoms with Crippen LogP contribution in [0.4, 0.5) is 0 Å². The Labute approximate surface area is 139 Å². The first-order chi connectivity index (χ1) is 11.1. The highest BCUT2D eigenvalue weighted by atomic mass is 16.7. The summed E-state index contributed by atoms with van der Waals surface area (Å²) >= 11 is 0. The fourth-order valence-electron chi connectivity index (χ4n) is 2.86. The molecule has 1 atom stereocenters. The van der Waals surface area contributed by atoms with Crippen molar-refractivity contribution in [2.75, 3.05) is 0 Å². The van der Waals surface area contributed by atoms with Crippen LogP contribution >= 0.6 is 0 Å². The van der Waals surface area contributed by atoms with E-state index in [9.17, 15) is 4.79 Å². The predicted octanol–water partition coefficient (Wildman–Crippen LogP) is 4.64. The molecule has 23 heavy (non-hydrogen) atoms. The Morgan fingerprint density at radius 3 is 2.48 bits per heavy atom. The van der Waals surface area contributed by atoms with E-state index in [1.165, 1.54) is 19.3 Å². The number of hydrogen-bond donors (Lipinski definition) is 0. The maximum absolute atomic E-state index is 11.5. The van der Waals surface area contributed by atoms with Crippen LogP contribution in [0.25, 0.3) is 0 Å². The summed E-state index contributed by atoms with van der Waals surface area (Å²) in [7, 11) is 0. The van der Waals surface area contributed by atoms with Gasteiger partial charge in [-0.3, -0.25) is 4.79 Å². The highest BCUT2D eigenvalue weighted by Gasteiger charge is 2.18. The lowest BCUT2D eigenvalue weighted by atomic mass is 9.98. The van der Waals surface area contributed by atoms with Crippen LogP contribution < -0.4 is 9.47 Å². The number of ether oxygens (including phenoxy) is 3. The van der Waals surface area contributed by atoms with Gasteiger partial charge in [0.25, 0.3) is 0 Å². The van der Waals surface area contributed by atoms with E-state index in [1.54, 1.807) is 13.0 Å². The molecule has 1 aliphatic carbocycles. The van der Waals surface area contributed by atoms with Crippen molar-refractivity contribution in [3.05, 3.63) is 23.8 Å². The number of aryl methyl sites for hydroxylation is 1. The largest absolute Gasteiger partial charge is 0.465 e. The molecule has 1 unspecified atom stereocenters. The van der Waals surface area contributed by atoms with E-state index in [2.05, 4.69) is 6.92 Å². The van der Waals surface area contributed by atoms with Gasteiger partial charge in [-0.1, -0.05) is 33.1 Å². The van der Waals surface area contributed by atoms with Gasteiger partial charge in [-0.2, -0.15) is 0 Å².